The van der Waals surface area contributed by atoms with Gasteiger partial charge in [-0.15, -0.1) is 0 Å². The fourth-order valence-electron chi connectivity index (χ4n) is 3.34. The van der Waals surface area contributed by atoms with Crippen LogP contribution in [0.4, 0.5) is 0 Å². The first kappa shape index (κ1) is 16.5. The summed E-state index contributed by atoms with van der Waals surface area (Å²) in [5, 5.41) is 16.6. The van der Waals surface area contributed by atoms with Crippen molar-refractivity contribution in [3.8, 4) is 0 Å². The summed E-state index contributed by atoms with van der Waals surface area (Å²) in [7, 11) is 1.91. The third-order valence-electron chi connectivity index (χ3n) is 4.64. The van der Waals surface area contributed by atoms with Crippen molar-refractivity contribution in [3.05, 3.63) is 36.0 Å². The van der Waals surface area contributed by atoms with E-state index in [1.165, 1.54) is 0 Å². The summed E-state index contributed by atoms with van der Waals surface area (Å²) in [6.45, 7) is 0.00489. The lowest BCUT2D eigenvalue weighted by Gasteiger charge is -2.13. The van der Waals surface area contributed by atoms with Crippen LogP contribution in [0.3, 0.4) is 0 Å². The van der Waals surface area contributed by atoms with Gasteiger partial charge in [0.2, 0.25) is 0 Å². The SMILES string of the molecule is Cn1cc(C(O)CNC(=O)C(=O)NC2CCCC2)c2ccccc21. The van der Waals surface area contributed by atoms with Gasteiger partial charge in [-0.05, 0) is 18.9 Å². The van der Waals surface area contributed by atoms with E-state index in [0.717, 1.165) is 42.1 Å². The molecule has 1 unspecified atom stereocenters. The maximum absolute atomic E-state index is 11.9. The van der Waals surface area contributed by atoms with Crippen molar-refractivity contribution in [1.82, 2.24) is 15.2 Å². The molecule has 1 aromatic heterocycles. The molecule has 0 saturated heterocycles. The quantitative estimate of drug-likeness (QED) is 0.741. The summed E-state index contributed by atoms with van der Waals surface area (Å²) >= 11 is 0. The number of amides is 2. The molecule has 1 heterocycles. The van der Waals surface area contributed by atoms with Crippen LogP contribution in [-0.4, -0.2) is 34.1 Å². The van der Waals surface area contributed by atoms with Crippen molar-refractivity contribution in [2.45, 2.75) is 37.8 Å². The molecule has 0 bridgehead atoms. The van der Waals surface area contributed by atoms with Gasteiger partial charge < -0.3 is 20.3 Å². The lowest BCUT2D eigenvalue weighted by Crippen LogP contribution is -2.44. The fourth-order valence-corrected chi connectivity index (χ4v) is 3.34. The largest absolute Gasteiger partial charge is 0.386 e. The fraction of sp³-hybridized carbons (Fsp3) is 0.444. The first-order valence-corrected chi connectivity index (χ1v) is 8.37. The predicted molar refractivity (Wildman–Crippen MR) is 91.3 cm³/mol. The molecule has 0 spiro atoms. The van der Waals surface area contributed by atoms with Gasteiger partial charge in [-0.3, -0.25) is 9.59 Å². The summed E-state index contributed by atoms with van der Waals surface area (Å²) in [5.41, 5.74) is 1.75. The van der Waals surface area contributed by atoms with Crippen LogP contribution >= 0.6 is 0 Å². The number of carbonyl (C=O) groups is 2. The minimum atomic E-state index is -0.862. The average Bonchev–Trinajstić information content (AvgIpc) is 3.21. The lowest BCUT2D eigenvalue weighted by atomic mass is 10.1. The Kier molecular flexibility index (Phi) is 4.85. The molecule has 1 aliphatic carbocycles. The third-order valence-corrected chi connectivity index (χ3v) is 4.64. The summed E-state index contributed by atoms with van der Waals surface area (Å²) in [6.07, 6.45) is 5.02. The van der Waals surface area contributed by atoms with Gasteiger partial charge in [-0.25, -0.2) is 0 Å². The van der Waals surface area contributed by atoms with Crippen molar-refractivity contribution in [2.75, 3.05) is 6.54 Å². The number of rotatable bonds is 4. The van der Waals surface area contributed by atoms with Gasteiger partial charge >= 0.3 is 11.8 Å². The highest BCUT2D eigenvalue weighted by molar-refractivity contribution is 6.35. The number of aryl methyl sites for hydroxylation is 1. The molecule has 1 atom stereocenters. The summed E-state index contributed by atoms with van der Waals surface area (Å²) in [5.74, 6) is -1.31. The Morgan fingerprint density at radius 3 is 2.71 bits per heavy atom. The molecule has 0 radical (unpaired) electrons. The second kappa shape index (κ2) is 7.05. The second-order valence-electron chi connectivity index (χ2n) is 6.39. The van der Waals surface area contributed by atoms with Crippen molar-refractivity contribution >= 4 is 22.7 Å². The number of nitrogens with one attached hydrogen (secondary N) is 2. The summed E-state index contributed by atoms with van der Waals surface area (Å²) < 4.78 is 1.93. The Morgan fingerprint density at radius 1 is 1.25 bits per heavy atom. The molecular formula is C18H23N3O3. The average molecular weight is 329 g/mol. The zero-order valence-electron chi connectivity index (χ0n) is 13.8. The Hall–Kier alpha value is -2.34. The van der Waals surface area contributed by atoms with Gasteiger partial charge in [0.05, 0.1) is 6.10 Å². The molecule has 2 aromatic rings. The van der Waals surface area contributed by atoms with Crippen LogP contribution < -0.4 is 10.6 Å². The minimum Gasteiger partial charge on any atom is -0.386 e. The number of fused-ring (bicyclic) bond motifs is 1. The van der Waals surface area contributed by atoms with Gasteiger partial charge in [0.1, 0.15) is 0 Å². The third kappa shape index (κ3) is 3.43. The zero-order chi connectivity index (χ0) is 17.1. The Bertz CT molecular complexity index is 747. The molecule has 1 aliphatic rings. The summed E-state index contributed by atoms with van der Waals surface area (Å²) in [4.78, 5) is 23.8. The highest BCUT2D eigenvalue weighted by Gasteiger charge is 2.22. The van der Waals surface area contributed by atoms with E-state index in [1.807, 2.05) is 42.1 Å². The number of hydrogen-bond acceptors (Lipinski definition) is 3. The van der Waals surface area contributed by atoms with E-state index >= 15 is 0 Å². The number of benzene rings is 1. The van der Waals surface area contributed by atoms with Crippen LogP contribution in [0.2, 0.25) is 0 Å². The number of hydrogen-bond donors (Lipinski definition) is 3. The van der Waals surface area contributed by atoms with Crippen LogP contribution in [0, 0.1) is 0 Å². The number of aliphatic hydroxyl groups is 1. The van der Waals surface area contributed by atoms with Gasteiger partial charge in [0.15, 0.2) is 0 Å². The molecule has 3 N–H and O–H groups in total. The first-order chi connectivity index (χ1) is 11.6. The lowest BCUT2D eigenvalue weighted by molar-refractivity contribution is -0.139. The molecule has 1 aromatic carbocycles. The van der Waals surface area contributed by atoms with Crippen LogP contribution in [0.5, 0.6) is 0 Å². The smallest absolute Gasteiger partial charge is 0.309 e. The molecule has 6 nitrogen and oxygen atoms in total. The van der Waals surface area contributed by atoms with Crippen LogP contribution in [0.15, 0.2) is 30.5 Å². The van der Waals surface area contributed by atoms with Crippen molar-refractivity contribution in [1.29, 1.82) is 0 Å². The number of para-hydroxylation sites is 1. The molecule has 2 amide bonds. The molecule has 24 heavy (non-hydrogen) atoms. The molecule has 128 valence electrons. The van der Waals surface area contributed by atoms with E-state index in [-0.39, 0.29) is 12.6 Å². The Morgan fingerprint density at radius 2 is 1.96 bits per heavy atom. The van der Waals surface area contributed by atoms with Crippen molar-refractivity contribution in [2.24, 2.45) is 7.05 Å². The topological polar surface area (TPSA) is 83.4 Å². The van der Waals surface area contributed by atoms with Crippen LogP contribution in [0.25, 0.3) is 10.9 Å². The molecule has 1 fully saturated rings. The second-order valence-corrected chi connectivity index (χ2v) is 6.39. The van der Waals surface area contributed by atoms with Gasteiger partial charge in [0, 0.05) is 42.3 Å². The van der Waals surface area contributed by atoms with Crippen molar-refractivity contribution in [3.63, 3.8) is 0 Å². The van der Waals surface area contributed by atoms with E-state index in [0.29, 0.717) is 0 Å². The predicted octanol–water partition coefficient (Wildman–Crippen LogP) is 1.39. The molecule has 0 aliphatic heterocycles. The Labute approximate surface area is 140 Å². The van der Waals surface area contributed by atoms with E-state index in [9.17, 15) is 14.7 Å². The van der Waals surface area contributed by atoms with Crippen LogP contribution in [-0.2, 0) is 16.6 Å². The zero-order valence-corrected chi connectivity index (χ0v) is 13.8. The number of aliphatic hydroxyl groups excluding tert-OH is 1. The standard InChI is InChI=1S/C18H23N3O3/c1-21-11-14(13-8-4-5-9-15(13)21)16(22)10-19-17(23)18(24)20-12-6-2-3-7-12/h4-5,8-9,11-12,16,22H,2-3,6-7,10H2,1H3,(H,19,23)(H,20,24). The first-order valence-electron chi connectivity index (χ1n) is 8.37. The van der Waals surface area contributed by atoms with E-state index in [1.54, 1.807) is 0 Å². The monoisotopic (exact) mass is 329 g/mol. The van der Waals surface area contributed by atoms with Crippen LogP contribution in [0.1, 0.15) is 37.4 Å². The minimum absolute atomic E-state index is 0.00489. The highest BCUT2D eigenvalue weighted by atomic mass is 16.3. The van der Waals surface area contributed by atoms with E-state index in [4.69, 9.17) is 0 Å². The number of nitrogens with zero attached hydrogens (tertiary/aromatic N) is 1. The summed E-state index contributed by atoms with van der Waals surface area (Å²) in [6, 6.07) is 7.85. The van der Waals surface area contributed by atoms with Gasteiger partial charge in [0.25, 0.3) is 0 Å². The number of carbonyl (C=O) groups excluding carboxylic acids is 2. The van der Waals surface area contributed by atoms with E-state index in [2.05, 4.69) is 10.6 Å². The van der Waals surface area contributed by atoms with E-state index < -0.39 is 17.9 Å². The Balaban J connectivity index is 1.59. The maximum atomic E-state index is 11.9. The van der Waals surface area contributed by atoms with Gasteiger partial charge in [-0.1, -0.05) is 31.0 Å². The molecular weight excluding hydrogens is 306 g/mol. The normalized spacial score (nSPS) is 16.2. The highest BCUT2D eigenvalue weighted by Crippen LogP contribution is 2.25. The number of aromatic nitrogens is 1. The molecule has 3 rings (SSSR count). The molecule has 6 heteroatoms. The van der Waals surface area contributed by atoms with Crippen molar-refractivity contribution < 1.29 is 14.7 Å². The van der Waals surface area contributed by atoms with Gasteiger partial charge in [-0.2, -0.15) is 0 Å². The molecule has 1 saturated carbocycles. The maximum Gasteiger partial charge on any atom is 0.309 e.